The van der Waals surface area contributed by atoms with Crippen molar-refractivity contribution < 1.29 is 4.74 Å². The highest BCUT2D eigenvalue weighted by Crippen LogP contribution is 2.26. The first-order chi connectivity index (χ1) is 8.58. The molecule has 0 saturated heterocycles. The van der Waals surface area contributed by atoms with Crippen LogP contribution in [0.4, 0.5) is 0 Å². The van der Waals surface area contributed by atoms with Gasteiger partial charge in [-0.1, -0.05) is 58.0 Å². The number of benzene rings is 1. The van der Waals surface area contributed by atoms with Gasteiger partial charge in [-0.25, -0.2) is 0 Å². The lowest BCUT2D eigenvalue weighted by atomic mass is 9.80. The summed E-state index contributed by atoms with van der Waals surface area (Å²) in [5, 5.41) is 3.44. The fraction of sp³-hybridized carbons (Fsp3) is 0.625. The Morgan fingerprint density at radius 2 is 1.89 bits per heavy atom. The smallest absolute Gasteiger partial charge is 0.0717 e. The van der Waals surface area contributed by atoms with Crippen molar-refractivity contribution in [1.29, 1.82) is 0 Å². The van der Waals surface area contributed by atoms with Gasteiger partial charge in [-0.05, 0) is 18.0 Å². The average molecular weight is 249 g/mol. The van der Waals surface area contributed by atoms with Gasteiger partial charge in [-0.3, -0.25) is 0 Å². The van der Waals surface area contributed by atoms with Gasteiger partial charge in [0.2, 0.25) is 0 Å². The molecule has 2 heteroatoms. The van der Waals surface area contributed by atoms with Crippen molar-refractivity contribution in [2.45, 2.75) is 34.3 Å². The highest BCUT2D eigenvalue weighted by atomic mass is 16.5. The standard InChI is InChI=1S/C16H27NO/c1-5-17-12-16(4,14(2)3)13-18-11-15-9-7-6-8-10-15/h6-10,14,17H,5,11-13H2,1-4H3. The van der Waals surface area contributed by atoms with E-state index < -0.39 is 0 Å². The van der Waals surface area contributed by atoms with E-state index in [0.717, 1.165) is 19.7 Å². The van der Waals surface area contributed by atoms with Gasteiger partial charge in [-0.2, -0.15) is 0 Å². The zero-order valence-electron chi connectivity index (χ0n) is 12.2. The summed E-state index contributed by atoms with van der Waals surface area (Å²) in [5.41, 5.74) is 1.44. The SMILES string of the molecule is CCNCC(C)(COCc1ccccc1)C(C)C. The number of hydrogen-bond donors (Lipinski definition) is 1. The average Bonchev–Trinajstić information content (AvgIpc) is 2.37. The molecule has 1 N–H and O–H groups in total. The summed E-state index contributed by atoms with van der Waals surface area (Å²) in [7, 11) is 0. The van der Waals surface area contributed by atoms with Crippen LogP contribution in [0.25, 0.3) is 0 Å². The van der Waals surface area contributed by atoms with E-state index in [1.165, 1.54) is 5.56 Å². The molecule has 1 unspecified atom stereocenters. The maximum atomic E-state index is 5.90. The minimum atomic E-state index is 0.199. The highest BCUT2D eigenvalue weighted by Gasteiger charge is 2.28. The molecular weight excluding hydrogens is 222 g/mol. The predicted molar refractivity (Wildman–Crippen MR) is 77.6 cm³/mol. The molecule has 1 rings (SSSR count). The minimum absolute atomic E-state index is 0.199. The molecule has 0 aliphatic heterocycles. The Morgan fingerprint density at radius 1 is 1.22 bits per heavy atom. The van der Waals surface area contributed by atoms with Crippen LogP contribution in [0.2, 0.25) is 0 Å². The zero-order chi connectivity index (χ0) is 13.4. The van der Waals surface area contributed by atoms with Crippen LogP contribution in [0.3, 0.4) is 0 Å². The molecule has 1 aromatic rings. The lowest BCUT2D eigenvalue weighted by molar-refractivity contribution is 0.0177. The molecule has 102 valence electrons. The van der Waals surface area contributed by atoms with Crippen LogP contribution in [0, 0.1) is 11.3 Å². The van der Waals surface area contributed by atoms with E-state index in [1.807, 2.05) is 6.07 Å². The van der Waals surface area contributed by atoms with Crippen molar-refractivity contribution in [2.75, 3.05) is 19.7 Å². The number of hydrogen-bond acceptors (Lipinski definition) is 2. The third-order valence-corrected chi connectivity index (χ3v) is 3.72. The van der Waals surface area contributed by atoms with E-state index in [4.69, 9.17) is 4.74 Å². The molecule has 1 atom stereocenters. The Labute approximate surface area is 112 Å². The summed E-state index contributed by atoms with van der Waals surface area (Å²) in [4.78, 5) is 0. The van der Waals surface area contributed by atoms with Crippen LogP contribution in [0.1, 0.15) is 33.3 Å². The van der Waals surface area contributed by atoms with Crippen LogP contribution in [0.15, 0.2) is 30.3 Å². The van der Waals surface area contributed by atoms with Crippen LogP contribution >= 0.6 is 0 Å². The van der Waals surface area contributed by atoms with Gasteiger partial charge in [0, 0.05) is 12.0 Å². The van der Waals surface area contributed by atoms with Crippen molar-refractivity contribution in [3.05, 3.63) is 35.9 Å². The number of nitrogens with one attached hydrogen (secondary N) is 1. The van der Waals surface area contributed by atoms with Crippen molar-refractivity contribution in [1.82, 2.24) is 5.32 Å². The Hall–Kier alpha value is -0.860. The van der Waals surface area contributed by atoms with Gasteiger partial charge < -0.3 is 10.1 Å². The van der Waals surface area contributed by atoms with Crippen LogP contribution < -0.4 is 5.32 Å². The molecular formula is C16H27NO. The first kappa shape index (κ1) is 15.2. The van der Waals surface area contributed by atoms with E-state index in [-0.39, 0.29) is 5.41 Å². The summed E-state index contributed by atoms with van der Waals surface area (Å²) in [6, 6.07) is 10.4. The van der Waals surface area contributed by atoms with Crippen molar-refractivity contribution in [3.8, 4) is 0 Å². The van der Waals surface area contributed by atoms with Crippen LogP contribution in [-0.4, -0.2) is 19.7 Å². The molecule has 0 amide bonds. The Morgan fingerprint density at radius 3 is 2.44 bits per heavy atom. The molecule has 0 aliphatic rings. The molecule has 0 saturated carbocycles. The maximum Gasteiger partial charge on any atom is 0.0717 e. The van der Waals surface area contributed by atoms with Gasteiger partial charge in [0.1, 0.15) is 0 Å². The largest absolute Gasteiger partial charge is 0.376 e. The Balaban J connectivity index is 2.42. The van der Waals surface area contributed by atoms with E-state index in [0.29, 0.717) is 12.5 Å². The highest BCUT2D eigenvalue weighted by molar-refractivity contribution is 5.13. The molecule has 2 nitrogen and oxygen atoms in total. The summed E-state index contributed by atoms with van der Waals surface area (Å²) in [6.45, 7) is 12.5. The normalized spacial score (nSPS) is 14.7. The zero-order valence-corrected chi connectivity index (χ0v) is 12.2. The van der Waals surface area contributed by atoms with Gasteiger partial charge in [0.15, 0.2) is 0 Å². The second kappa shape index (κ2) is 7.55. The molecule has 0 fully saturated rings. The fourth-order valence-corrected chi connectivity index (χ4v) is 1.81. The van der Waals surface area contributed by atoms with E-state index >= 15 is 0 Å². The predicted octanol–water partition coefficient (Wildman–Crippen LogP) is 3.48. The molecule has 0 radical (unpaired) electrons. The molecule has 0 aliphatic carbocycles. The molecule has 0 bridgehead atoms. The molecule has 18 heavy (non-hydrogen) atoms. The van der Waals surface area contributed by atoms with Crippen molar-refractivity contribution in [2.24, 2.45) is 11.3 Å². The van der Waals surface area contributed by atoms with Crippen LogP contribution in [-0.2, 0) is 11.3 Å². The Kier molecular flexibility index (Phi) is 6.37. The summed E-state index contributed by atoms with van der Waals surface area (Å²) < 4.78 is 5.90. The van der Waals surface area contributed by atoms with Gasteiger partial charge in [0.25, 0.3) is 0 Å². The first-order valence-corrected chi connectivity index (χ1v) is 6.91. The van der Waals surface area contributed by atoms with Crippen LogP contribution in [0.5, 0.6) is 0 Å². The monoisotopic (exact) mass is 249 g/mol. The third-order valence-electron chi connectivity index (χ3n) is 3.72. The fourth-order valence-electron chi connectivity index (χ4n) is 1.81. The van der Waals surface area contributed by atoms with Gasteiger partial charge >= 0.3 is 0 Å². The maximum absolute atomic E-state index is 5.90. The third kappa shape index (κ3) is 4.79. The number of rotatable bonds is 8. The first-order valence-electron chi connectivity index (χ1n) is 6.91. The summed E-state index contributed by atoms with van der Waals surface area (Å²) in [6.07, 6.45) is 0. The molecule has 0 spiro atoms. The second-order valence-corrected chi connectivity index (χ2v) is 5.57. The van der Waals surface area contributed by atoms with Crippen molar-refractivity contribution >= 4 is 0 Å². The summed E-state index contributed by atoms with van der Waals surface area (Å²) >= 11 is 0. The summed E-state index contributed by atoms with van der Waals surface area (Å²) in [5.74, 6) is 0.604. The lowest BCUT2D eigenvalue weighted by Crippen LogP contribution is -2.39. The Bertz CT molecular complexity index is 323. The van der Waals surface area contributed by atoms with E-state index in [1.54, 1.807) is 0 Å². The number of ether oxygens (including phenoxy) is 1. The minimum Gasteiger partial charge on any atom is -0.376 e. The molecule has 0 aromatic heterocycles. The van der Waals surface area contributed by atoms with E-state index in [9.17, 15) is 0 Å². The van der Waals surface area contributed by atoms with Crippen molar-refractivity contribution in [3.63, 3.8) is 0 Å². The topological polar surface area (TPSA) is 21.3 Å². The van der Waals surface area contributed by atoms with Gasteiger partial charge in [0.05, 0.1) is 13.2 Å². The molecule has 0 heterocycles. The van der Waals surface area contributed by atoms with Gasteiger partial charge in [-0.15, -0.1) is 0 Å². The molecule has 1 aromatic carbocycles. The van der Waals surface area contributed by atoms with E-state index in [2.05, 4.69) is 57.3 Å². The quantitative estimate of drug-likeness (QED) is 0.761. The second-order valence-electron chi connectivity index (χ2n) is 5.57. The lowest BCUT2D eigenvalue weighted by Gasteiger charge is -2.33.